The van der Waals surface area contributed by atoms with Gasteiger partial charge in [-0.15, -0.1) is 0 Å². The fourth-order valence-corrected chi connectivity index (χ4v) is 9.32. The number of benzene rings is 4. The van der Waals surface area contributed by atoms with E-state index < -0.39 is 34.3 Å². The molecule has 1 atom stereocenters. The molecule has 0 amide bonds. The molecule has 0 bridgehead atoms. The van der Waals surface area contributed by atoms with E-state index in [1.165, 1.54) is 83.5 Å². The van der Waals surface area contributed by atoms with Crippen LogP contribution in [0.3, 0.4) is 0 Å². The second-order valence-electron chi connectivity index (χ2n) is 16.0. The molecule has 4 aromatic carbocycles. The Bertz CT molecular complexity index is 1740. The van der Waals surface area contributed by atoms with Crippen molar-refractivity contribution in [1.82, 2.24) is 0 Å². The van der Waals surface area contributed by atoms with E-state index in [1.54, 1.807) is 0 Å². The van der Waals surface area contributed by atoms with Crippen LogP contribution in [0.1, 0.15) is 145 Å². The number of ether oxygens (including phenoxy) is 1. The van der Waals surface area contributed by atoms with Crippen molar-refractivity contribution in [3.8, 4) is 0 Å². The quantitative estimate of drug-likeness (QED) is 0.0246. The lowest BCUT2D eigenvalue weighted by molar-refractivity contribution is -0.147. The van der Waals surface area contributed by atoms with Gasteiger partial charge in [-0.2, -0.15) is 0 Å². The van der Waals surface area contributed by atoms with Gasteiger partial charge in [-0.05, 0) is 28.7 Å². The van der Waals surface area contributed by atoms with Gasteiger partial charge in [0.1, 0.15) is 12.7 Å². The van der Waals surface area contributed by atoms with Gasteiger partial charge in [0, 0.05) is 6.42 Å². The van der Waals surface area contributed by atoms with E-state index in [0.717, 1.165) is 41.5 Å². The first-order valence-corrected chi connectivity index (χ1v) is 26.2. The Hall–Kier alpha value is -3.43. The number of hydrogen-bond acceptors (Lipinski definition) is 10. The Morgan fingerprint density at radius 2 is 0.730 bits per heavy atom. The Morgan fingerprint density at radius 1 is 0.413 bits per heavy atom. The topological polar surface area (TPSA) is 116 Å². The number of esters is 1. The van der Waals surface area contributed by atoms with Crippen LogP contribution in [0, 0.1) is 0 Å². The lowest BCUT2D eigenvalue weighted by Gasteiger charge is -2.25. The van der Waals surface area contributed by atoms with E-state index in [0.29, 0.717) is 6.42 Å². The summed E-state index contributed by atoms with van der Waals surface area (Å²) in [6.07, 6.45) is 20.2. The van der Waals surface area contributed by atoms with E-state index in [9.17, 15) is 13.9 Å². The molecule has 4 rings (SSSR count). The van der Waals surface area contributed by atoms with Gasteiger partial charge in [0.25, 0.3) is 0 Å². The second kappa shape index (κ2) is 32.3. The third-order valence-corrected chi connectivity index (χ3v) is 13.3. The van der Waals surface area contributed by atoms with Crippen molar-refractivity contribution < 1.29 is 45.8 Å². The maximum Gasteiger partial charge on any atom is 0.475 e. The summed E-state index contributed by atoms with van der Waals surface area (Å²) in [7, 11) is -8.66. The van der Waals surface area contributed by atoms with Crippen molar-refractivity contribution in [3.05, 3.63) is 144 Å². The first kappa shape index (κ1) is 52.2. The van der Waals surface area contributed by atoms with Gasteiger partial charge in [0.15, 0.2) is 0 Å². The molecule has 0 heterocycles. The first-order chi connectivity index (χ1) is 30.8. The number of phosphoric ester groups is 2. The molecule has 0 saturated heterocycles. The van der Waals surface area contributed by atoms with Gasteiger partial charge in [-0.25, -0.2) is 9.13 Å². The predicted molar refractivity (Wildman–Crippen MR) is 251 cm³/mol. The fraction of sp³-hybridized carbons (Fsp3) is 0.510. The average molecular weight is 907 g/mol. The van der Waals surface area contributed by atoms with Crippen molar-refractivity contribution in [2.45, 2.75) is 155 Å². The minimum atomic E-state index is -4.37. The number of hydrogen-bond donors (Lipinski definition) is 0. The molecule has 0 aliphatic rings. The van der Waals surface area contributed by atoms with Crippen molar-refractivity contribution in [1.29, 1.82) is 0 Å². The highest BCUT2D eigenvalue weighted by Gasteiger charge is 2.35. The molecule has 63 heavy (non-hydrogen) atoms. The van der Waals surface area contributed by atoms with Crippen LogP contribution in [0.2, 0.25) is 0 Å². The number of rotatable bonds is 37. The van der Waals surface area contributed by atoms with Crippen LogP contribution < -0.4 is 0 Å². The summed E-state index contributed by atoms with van der Waals surface area (Å²) in [5.74, 6) is -0.432. The lowest BCUT2D eigenvalue weighted by atomic mass is 10.0. The zero-order valence-corrected chi connectivity index (χ0v) is 39.4. The molecule has 0 spiro atoms. The van der Waals surface area contributed by atoms with Gasteiger partial charge >= 0.3 is 21.6 Å². The third kappa shape index (κ3) is 24.4. The van der Waals surface area contributed by atoms with Gasteiger partial charge in [-0.3, -0.25) is 31.9 Å². The molecule has 0 aromatic heterocycles. The van der Waals surface area contributed by atoms with Crippen molar-refractivity contribution >= 4 is 21.6 Å². The van der Waals surface area contributed by atoms with Crippen LogP contribution >= 0.6 is 15.6 Å². The summed E-state index contributed by atoms with van der Waals surface area (Å²) in [6, 6.07) is 36.8. The Morgan fingerprint density at radius 3 is 1.08 bits per heavy atom. The normalized spacial score (nSPS) is 12.3. The van der Waals surface area contributed by atoms with Crippen LogP contribution in [-0.4, -0.2) is 25.3 Å². The monoisotopic (exact) mass is 906 g/mol. The average Bonchev–Trinajstić information content (AvgIpc) is 3.32. The minimum absolute atomic E-state index is 0.0638. The molecule has 0 saturated carbocycles. The van der Waals surface area contributed by atoms with Crippen LogP contribution in [0.15, 0.2) is 121 Å². The van der Waals surface area contributed by atoms with E-state index >= 15 is 0 Å². The smallest absolute Gasteiger partial charge is 0.463 e. The Kier molecular flexibility index (Phi) is 26.7. The number of unbranched alkanes of at least 4 members (excludes halogenated alkanes) is 16. The maximum atomic E-state index is 14.4. The van der Waals surface area contributed by atoms with Gasteiger partial charge in [0.05, 0.1) is 33.0 Å². The summed E-state index contributed by atoms with van der Waals surface area (Å²) >= 11 is 0. The molecule has 0 aliphatic carbocycles. The van der Waals surface area contributed by atoms with E-state index in [-0.39, 0.29) is 39.5 Å². The van der Waals surface area contributed by atoms with Crippen molar-refractivity contribution in [2.24, 2.45) is 0 Å². The molecule has 10 nitrogen and oxygen atoms in total. The lowest BCUT2D eigenvalue weighted by Crippen LogP contribution is -2.27. The number of carbonyl (C=O) groups excluding carboxylic acids is 1. The highest BCUT2D eigenvalue weighted by molar-refractivity contribution is 7.48. The molecule has 346 valence electrons. The molecule has 0 aliphatic heterocycles. The molecular formula is C51H72O10P2. The third-order valence-electron chi connectivity index (χ3n) is 10.5. The molecule has 1 unspecified atom stereocenters. The zero-order valence-electron chi connectivity index (χ0n) is 37.6. The molecule has 4 aromatic rings. The van der Waals surface area contributed by atoms with Crippen LogP contribution in [0.5, 0.6) is 0 Å². The molecule has 0 fully saturated rings. The minimum Gasteiger partial charge on any atom is -0.463 e. The maximum absolute atomic E-state index is 14.4. The molecule has 0 radical (unpaired) electrons. The van der Waals surface area contributed by atoms with Gasteiger partial charge in [0.2, 0.25) is 0 Å². The molecule has 12 heteroatoms. The fourth-order valence-electron chi connectivity index (χ4n) is 6.84. The van der Waals surface area contributed by atoms with E-state index in [4.69, 9.17) is 31.9 Å². The summed E-state index contributed by atoms with van der Waals surface area (Å²) < 4.78 is 69.6. The highest BCUT2D eigenvalue weighted by Crippen LogP contribution is 2.54. The highest BCUT2D eigenvalue weighted by atomic mass is 31.2. The number of phosphoric acid groups is 2. The summed E-state index contributed by atoms with van der Waals surface area (Å²) in [5.41, 5.74) is 2.99. The summed E-state index contributed by atoms with van der Waals surface area (Å²) in [5, 5.41) is 0. The van der Waals surface area contributed by atoms with Crippen LogP contribution in [0.25, 0.3) is 0 Å². The summed E-state index contributed by atoms with van der Waals surface area (Å²) in [6.45, 7) is 1.11. The zero-order chi connectivity index (χ0) is 44.5. The number of carbonyl (C=O) groups is 1. The SMILES string of the molecule is CCCCCCCCCCCCCCCCCCCC(=O)OCC(COP(=O)(OCc1ccccc1)OCc1ccccc1)OP(=O)(OCc1ccccc1)OCc1ccccc1. The Balaban J connectivity index is 1.31. The van der Waals surface area contributed by atoms with Gasteiger partial charge < -0.3 is 4.74 Å². The molecular weight excluding hydrogens is 834 g/mol. The Labute approximate surface area is 378 Å². The largest absolute Gasteiger partial charge is 0.475 e. The van der Waals surface area contributed by atoms with Gasteiger partial charge in [-0.1, -0.05) is 231 Å². The first-order valence-electron chi connectivity index (χ1n) is 23.3. The van der Waals surface area contributed by atoms with Crippen molar-refractivity contribution in [3.63, 3.8) is 0 Å². The molecule has 0 N–H and O–H groups in total. The van der Waals surface area contributed by atoms with Crippen molar-refractivity contribution in [2.75, 3.05) is 13.2 Å². The van der Waals surface area contributed by atoms with E-state index in [2.05, 4.69) is 6.92 Å². The van der Waals surface area contributed by atoms with Crippen LogP contribution in [-0.2, 0) is 72.2 Å². The standard InChI is InChI=1S/C51H72O10P2/c1-2-3-4-5-6-7-8-9-10-11-12-13-14-15-16-17-30-39-51(52)55-44-50(61-63(54,58-42-48-35-26-20-27-36-48)59-43-49-37-28-21-29-38-49)45-60-62(53,56-40-46-31-22-18-23-32-46)57-41-47-33-24-19-25-34-47/h18-29,31-38,50H,2-17,30,39-45H2,1H3. The summed E-state index contributed by atoms with van der Waals surface area (Å²) in [4.78, 5) is 13.1. The van der Waals surface area contributed by atoms with E-state index in [1.807, 2.05) is 121 Å². The van der Waals surface area contributed by atoms with Crippen LogP contribution in [0.4, 0.5) is 0 Å². The predicted octanol–water partition coefficient (Wildman–Crippen LogP) is 15.1. The second-order valence-corrected chi connectivity index (χ2v) is 19.3.